The number of amides is 1. The monoisotopic (exact) mass is 378 g/mol. The Bertz CT molecular complexity index is 690. The van der Waals surface area contributed by atoms with E-state index in [1.54, 1.807) is 19.1 Å². The minimum atomic E-state index is -0.750. The van der Waals surface area contributed by atoms with Gasteiger partial charge in [-0.1, -0.05) is 17.7 Å². The predicted octanol–water partition coefficient (Wildman–Crippen LogP) is 2.41. The van der Waals surface area contributed by atoms with Crippen LogP contribution >= 0.6 is 11.6 Å². The van der Waals surface area contributed by atoms with Crippen molar-refractivity contribution < 1.29 is 9.18 Å². The summed E-state index contributed by atoms with van der Waals surface area (Å²) in [6.45, 7) is 5.52. The van der Waals surface area contributed by atoms with Crippen molar-refractivity contribution in [2.75, 3.05) is 32.7 Å². The maximum Gasteiger partial charge on any atom is 0.235 e. The molecule has 1 heterocycles. The molecule has 140 valence electrons. The lowest BCUT2D eigenvalue weighted by atomic mass is 9.98. The summed E-state index contributed by atoms with van der Waals surface area (Å²) in [6, 6.07) is 6.98. The summed E-state index contributed by atoms with van der Waals surface area (Å²) in [5.74, 6) is -0.111. The highest BCUT2D eigenvalue weighted by molar-refractivity contribution is 6.31. The third-order valence-corrected chi connectivity index (χ3v) is 5.65. The van der Waals surface area contributed by atoms with Gasteiger partial charge >= 0.3 is 0 Å². The van der Waals surface area contributed by atoms with Crippen LogP contribution < -0.4 is 5.32 Å². The van der Waals surface area contributed by atoms with E-state index in [-0.39, 0.29) is 24.2 Å². The van der Waals surface area contributed by atoms with Crippen LogP contribution in [0.25, 0.3) is 0 Å². The number of nitrogens with one attached hydrogen (secondary N) is 1. The summed E-state index contributed by atoms with van der Waals surface area (Å²) in [4.78, 5) is 16.5. The summed E-state index contributed by atoms with van der Waals surface area (Å²) in [5, 5.41) is 12.7. The molecule has 1 aromatic carbocycles. The van der Waals surface area contributed by atoms with Crippen LogP contribution in [-0.4, -0.2) is 54.0 Å². The topological polar surface area (TPSA) is 59.4 Å². The lowest BCUT2D eigenvalue weighted by Gasteiger charge is -2.35. The van der Waals surface area contributed by atoms with Gasteiger partial charge in [0.25, 0.3) is 0 Å². The minimum absolute atomic E-state index is 0.105. The smallest absolute Gasteiger partial charge is 0.235 e. The highest BCUT2D eigenvalue weighted by Gasteiger charge is 2.43. The molecule has 0 spiro atoms. The highest BCUT2D eigenvalue weighted by atomic mass is 35.5. The molecule has 1 aliphatic heterocycles. The van der Waals surface area contributed by atoms with Crippen molar-refractivity contribution >= 4 is 17.5 Å². The number of carbonyl (C=O) groups is 1. The fourth-order valence-corrected chi connectivity index (χ4v) is 3.65. The first-order chi connectivity index (χ1) is 12.4. The fraction of sp³-hybridized carbons (Fsp3) is 0.579. The molecular formula is C19H24ClFN4O. The first kappa shape index (κ1) is 19.1. The Hall–Kier alpha value is -1.68. The number of carbonyl (C=O) groups excluding carboxylic acids is 1. The molecule has 1 aromatic rings. The third kappa shape index (κ3) is 4.53. The van der Waals surface area contributed by atoms with Crippen molar-refractivity contribution in [3.05, 3.63) is 34.6 Å². The number of halogens is 2. The maximum absolute atomic E-state index is 13.9. The molecule has 3 rings (SSSR count). The zero-order chi connectivity index (χ0) is 18.7. The fourth-order valence-electron chi connectivity index (χ4n) is 3.43. The molecule has 26 heavy (non-hydrogen) atoms. The van der Waals surface area contributed by atoms with Gasteiger partial charge in [0.05, 0.1) is 12.6 Å². The van der Waals surface area contributed by atoms with Gasteiger partial charge in [0.2, 0.25) is 5.91 Å². The molecule has 1 aliphatic carbocycles. The van der Waals surface area contributed by atoms with E-state index < -0.39 is 5.54 Å². The average Bonchev–Trinajstić information content (AvgIpc) is 3.45. The summed E-state index contributed by atoms with van der Waals surface area (Å²) in [7, 11) is 0. The van der Waals surface area contributed by atoms with Gasteiger partial charge in [0.1, 0.15) is 11.4 Å². The Labute approximate surface area is 158 Å². The normalized spacial score (nSPS) is 21.0. The molecular weight excluding hydrogens is 355 g/mol. The highest BCUT2D eigenvalue weighted by Crippen LogP contribution is 2.39. The zero-order valence-electron chi connectivity index (χ0n) is 15.0. The summed E-state index contributed by atoms with van der Waals surface area (Å²) >= 11 is 6.10. The van der Waals surface area contributed by atoms with Crippen molar-refractivity contribution in [3.8, 4) is 6.07 Å². The van der Waals surface area contributed by atoms with Crippen LogP contribution in [0.2, 0.25) is 5.02 Å². The molecule has 2 aliphatic rings. The maximum atomic E-state index is 13.9. The van der Waals surface area contributed by atoms with Crippen LogP contribution in [0.3, 0.4) is 0 Å². The molecule has 2 fully saturated rings. The van der Waals surface area contributed by atoms with Crippen LogP contribution in [0.5, 0.6) is 0 Å². The van der Waals surface area contributed by atoms with Crippen LogP contribution in [0, 0.1) is 23.1 Å². The Morgan fingerprint density at radius 1 is 1.35 bits per heavy atom. The molecule has 5 nitrogen and oxygen atoms in total. The van der Waals surface area contributed by atoms with Crippen molar-refractivity contribution in [3.63, 3.8) is 0 Å². The van der Waals surface area contributed by atoms with Crippen molar-refractivity contribution in [2.24, 2.45) is 5.92 Å². The van der Waals surface area contributed by atoms with Crippen molar-refractivity contribution in [2.45, 2.75) is 31.8 Å². The molecule has 1 saturated heterocycles. The number of rotatable bonds is 6. The molecule has 1 amide bonds. The molecule has 0 aromatic heterocycles. The van der Waals surface area contributed by atoms with Crippen LogP contribution in [-0.2, 0) is 11.3 Å². The molecule has 0 radical (unpaired) electrons. The second-order valence-corrected chi connectivity index (χ2v) is 7.80. The quantitative estimate of drug-likeness (QED) is 0.825. The second-order valence-electron chi connectivity index (χ2n) is 7.39. The Kier molecular flexibility index (Phi) is 5.81. The van der Waals surface area contributed by atoms with E-state index in [1.165, 1.54) is 6.07 Å². The minimum Gasteiger partial charge on any atom is -0.337 e. The molecule has 1 atom stereocenters. The van der Waals surface area contributed by atoms with E-state index in [2.05, 4.69) is 21.2 Å². The van der Waals surface area contributed by atoms with Gasteiger partial charge < -0.3 is 5.32 Å². The van der Waals surface area contributed by atoms with Gasteiger partial charge in [-0.25, -0.2) is 4.39 Å². The Morgan fingerprint density at radius 3 is 2.58 bits per heavy atom. The lowest BCUT2D eigenvalue weighted by molar-refractivity contribution is -0.124. The van der Waals surface area contributed by atoms with E-state index in [0.717, 1.165) is 39.0 Å². The summed E-state index contributed by atoms with van der Waals surface area (Å²) in [5.41, 5.74) is -0.227. The summed E-state index contributed by atoms with van der Waals surface area (Å²) < 4.78 is 13.9. The number of nitrogens with zero attached hydrogens (tertiary/aromatic N) is 3. The van der Waals surface area contributed by atoms with Gasteiger partial charge in [-0.15, -0.1) is 0 Å². The first-order valence-electron chi connectivity index (χ1n) is 9.01. The SMILES string of the molecule is CC(C#N)(NC(=O)CN1CCN(Cc2c(F)cccc2Cl)CC1)C1CC1. The van der Waals surface area contributed by atoms with Crippen LogP contribution in [0.15, 0.2) is 18.2 Å². The molecule has 1 saturated carbocycles. The van der Waals surface area contributed by atoms with Crippen molar-refractivity contribution in [1.82, 2.24) is 15.1 Å². The lowest BCUT2D eigenvalue weighted by Crippen LogP contribution is -2.53. The van der Waals surface area contributed by atoms with Gasteiger partial charge in [-0.3, -0.25) is 14.6 Å². The standard InChI is InChI=1S/C19H24ClFN4O/c1-19(13-22,14-5-6-14)23-18(26)12-25-9-7-24(8-10-25)11-15-16(20)3-2-4-17(15)21/h2-4,14H,5-12H2,1H3,(H,23,26). The van der Waals surface area contributed by atoms with E-state index in [1.807, 2.05) is 0 Å². The van der Waals surface area contributed by atoms with E-state index in [0.29, 0.717) is 17.1 Å². The zero-order valence-corrected chi connectivity index (χ0v) is 15.7. The second kappa shape index (κ2) is 7.91. The predicted molar refractivity (Wildman–Crippen MR) is 98.0 cm³/mol. The number of hydrogen-bond donors (Lipinski definition) is 1. The van der Waals surface area contributed by atoms with Crippen molar-refractivity contribution in [1.29, 1.82) is 5.26 Å². The number of benzene rings is 1. The van der Waals surface area contributed by atoms with Gasteiger partial charge in [0.15, 0.2) is 0 Å². The van der Waals surface area contributed by atoms with Crippen LogP contribution in [0.1, 0.15) is 25.3 Å². The molecule has 7 heteroatoms. The average molecular weight is 379 g/mol. The van der Waals surface area contributed by atoms with E-state index in [9.17, 15) is 14.4 Å². The number of nitriles is 1. The van der Waals surface area contributed by atoms with Gasteiger partial charge in [0, 0.05) is 43.3 Å². The summed E-state index contributed by atoms with van der Waals surface area (Å²) in [6.07, 6.45) is 2.00. The molecule has 1 N–H and O–H groups in total. The van der Waals surface area contributed by atoms with Crippen LogP contribution in [0.4, 0.5) is 4.39 Å². The number of hydrogen-bond acceptors (Lipinski definition) is 4. The first-order valence-corrected chi connectivity index (χ1v) is 9.39. The molecule has 1 unspecified atom stereocenters. The number of piperazine rings is 1. The van der Waals surface area contributed by atoms with Gasteiger partial charge in [-0.05, 0) is 37.8 Å². The van der Waals surface area contributed by atoms with Gasteiger partial charge in [-0.2, -0.15) is 5.26 Å². The Balaban J connectivity index is 1.46. The van der Waals surface area contributed by atoms with E-state index in [4.69, 9.17) is 11.6 Å². The largest absolute Gasteiger partial charge is 0.337 e. The van der Waals surface area contributed by atoms with E-state index >= 15 is 0 Å². The molecule has 0 bridgehead atoms. The Morgan fingerprint density at radius 2 is 2.00 bits per heavy atom. The third-order valence-electron chi connectivity index (χ3n) is 5.30.